The molecule has 2 aliphatic heterocycles. The molecule has 0 N–H and O–H groups in total. The molecule has 2 saturated heterocycles. The summed E-state index contributed by atoms with van der Waals surface area (Å²) < 4.78 is 5.32. The Labute approximate surface area is 129 Å². The van der Waals surface area contributed by atoms with Crippen LogP contribution < -0.4 is 9.64 Å². The molecule has 2 bridgehead atoms. The molecule has 3 nitrogen and oxygen atoms in total. The number of anilines is 1. The van der Waals surface area contributed by atoms with Crippen molar-refractivity contribution in [3.8, 4) is 5.75 Å². The number of alkyl halides is 1. The highest BCUT2D eigenvalue weighted by Crippen LogP contribution is 2.42. The van der Waals surface area contributed by atoms with E-state index in [-0.39, 0.29) is 0 Å². The molecule has 0 saturated carbocycles. The Balaban J connectivity index is 1.80. The number of rotatable bonds is 2. The Hall–Kier alpha value is -1.48. The van der Waals surface area contributed by atoms with Crippen LogP contribution in [0.25, 0.3) is 10.8 Å². The minimum absolute atomic E-state index is 0.328. The summed E-state index contributed by atoms with van der Waals surface area (Å²) in [5.74, 6) is 2.01. The number of halogens is 1. The highest BCUT2D eigenvalue weighted by atomic mass is 35.5. The monoisotopic (exact) mass is 302 g/mol. The van der Waals surface area contributed by atoms with Gasteiger partial charge >= 0.3 is 0 Å². The number of hydrogen-bond donors (Lipinski definition) is 0. The molecule has 21 heavy (non-hydrogen) atoms. The summed E-state index contributed by atoms with van der Waals surface area (Å²) in [4.78, 5) is 7.22. The average molecular weight is 303 g/mol. The Morgan fingerprint density at radius 2 is 1.95 bits per heavy atom. The van der Waals surface area contributed by atoms with Crippen molar-refractivity contribution in [2.45, 2.75) is 43.1 Å². The summed E-state index contributed by atoms with van der Waals surface area (Å²) in [6.07, 6.45) is 6.53. The smallest absolute Gasteiger partial charge is 0.136 e. The predicted molar refractivity (Wildman–Crippen MR) is 86.5 cm³/mol. The third kappa shape index (κ3) is 2.15. The zero-order valence-corrected chi connectivity index (χ0v) is 12.9. The lowest BCUT2D eigenvalue weighted by Crippen LogP contribution is -2.44. The van der Waals surface area contributed by atoms with Gasteiger partial charge in [0, 0.05) is 29.0 Å². The Morgan fingerprint density at radius 3 is 2.67 bits per heavy atom. The van der Waals surface area contributed by atoms with Gasteiger partial charge in [0.15, 0.2) is 0 Å². The number of aromatic nitrogens is 1. The maximum Gasteiger partial charge on any atom is 0.136 e. The number of hydrogen-bond acceptors (Lipinski definition) is 3. The lowest BCUT2D eigenvalue weighted by atomic mass is 10.0. The van der Waals surface area contributed by atoms with Gasteiger partial charge in [-0.15, -0.1) is 11.6 Å². The summed E-state index contributed by atoms with van der Waals surface area (Å²) in [6, 6.07) is 9.37. The first-order chi connectivity index (χ1) is 10.3. The summed E-state index contributed by atoms with van der Waals surface area (Å²) in [7, 11) is 1.70. The molecule has 110 valence electrons. The number of benzene rings is 1. The first-order valence-electron chi connectivity index (χ1n) is 7.61. The van der Waals surface area contributed by atoms with Crippen molar-refractivity contribution in [1.29, 1.82) is 0 Å². The van der Waals surface area contributed by atoms with E-state index in [0.717, 1.165) is 24.4 Å². The highest BCUT2D eigenvalue weighted by molar-refractivity contribution is 6.20. The van der Waals surface area contributed by atoms with Crippen LogP contribution in [-0.4, -0.2) is 29.6 Å². The molecule has 0 radical (unpaired) electrons. The van der Waals surface area contributed by atoms with Gasteiger partial charge < -0.3 is 9.64 Å². The Kier molecular flexibility index (Phi) is 3.18. The molecule has 3 heterocycles. The molecule has 0 aliphatic carbocycles. The zero-order valence-electron chi connectivity index (χ0n) is 12.1. The fourth-order valence-electron chi connectivity index (χ4n) is 3.93. The molecular formula is C17H19ClN2O. The molecule has 1 aromatic carbocycles. The van der Waals surface area contributed by atoms with E-state index in [9.17, 15) is 0 Å². The lowest BCUT2D eigenvalue weighted by Gasteiger charge is -2.38. The third-order valence-corrected chi connectivity index (χ3v) is 5.23. The van der Waals surface area contributed by atoms with E-state index in [0.29, 0.717) is 17.5 Å². The number of methoxy groups -OCH3 is 1. The van der Waals surface area contributed by atoms with E-state index in [1.807, 2.05) is 12.3 Å². The largest absolute Gasteiger partial charge is 0.497 e. The van der Waals surface area contributed by atoms with Gasteiger partial charge in [-0.05, 0) is 55.3 Å². The van der Waals surface area contributed by atoms with Crippen LogP contribution in [0.1, 0.15) is 25.7 Å². The van der Waals surface area contributed by atoms with Gasteiger partial charge in [-0.1, -0.05) is 0 Å². The minimum Gasteiger partial charge on any atom is -0.497 e. The molecule has 2 unspecified atom stereocenters. The second-order valence-electron chi connectivity index (χ2n) is 6.08. The van der Waals surface area contributed by atoms with Crippen molar-refractivity contribution in [2.75, 3.05) is 12.0 Å². The molecule has 0 spiro atoms. The highest BCUT2D eigenvalue weighted by Gasteiger charge is 2.41. The van der Waals surface area contributed by atoms with Crippen LogP contribution in [0.4, 0.5) is 5.82 Å². The van der Waals surface area contributed by atoms with E-state index in [4.69, 9.17) is 21.3 Å². The van der Waals surface area contributed by atoms with Crippen LogP contribution in [0.2, 0.25) is 0 Å². The van der Waals surface area contributed by atoms with Crippen LogP contribution in [0.5, 0.6) is 5.75 Å². The van der Waals surface area contributed by atoms with Gasteiger partial charge in [-0.25, -0.2) is 4.98 Å². The molecule has 2 aromatic rings. The van der Waals surface area contributed by atoms with E-state index in [2.05, 4.69) is 23.1 Å². The van der Waals surface area contributed by atoms with Crippen LogP contribution in [0.3, 0.4) is 0 Å². The second-order valence-corrected chi connectivity index (χ2v) is 6.70. The van der Waals surface area contributed by atoms with Gasteiger partial charge in [-0.3, -0.25) is 0 Å². The van der Waals surface area contributed by atoms with Gasteiger partial charge in [0.25, 0.3) is 0 Å². The normalized spacial score (nSPS) is 28.1. The van der Waals surface area contributed by atoms with Crippen LogP contribution >= 0.6 is 11.6 Å². The van der Waals surface area contributed by atoms with E-state index in [1.54, 1.807) is 7.11 Å². The van der Waals surface area contributed by atoms with Gasteiger partial charge in [0.05, 0.1) is 7.11 Å². The number of nitrogens with zero attached hydrogens (tertiary/aromatic N) is 2. The fraction of sp³-hybridized carbons (Fsp3) is 0.471. The van der Waals surface area contributed by atoms with Crippen LogP contribution in [0, 0.1) is 0 Å². The van der Waals surface area contributed by atoms with Gasteiger partial charge in [-0.2, -0.15) is 0 Å². The fourth-order valence-corrected chi connectivity index (χ4v) is 4.34. The van der Waals surface area contributed by atoms with Crippen molar-refractivity contribution in [2.24, 2.45) is 0 Å². The molecule has 4 heteroatoms. The van der Waals surface area contributed by atoms with E-state index < -0.39 is 0 Å². The number of pyridine rings is 1. The maximum atomic E-state index is 6.39. The number of ether oxygens (including phenoxy) is 1. The van der Waals surface area contributed by atoms with Crippen molar-refractivity contribution in [1.82, 2.24) is 4.98 Å². The van der Waals surface area contributed by atoms with Crippen molar-refractivity contribution < 1.29 is 4.74 Å². The first kappa shape index (κ1) is 13.2. The molecule has 2 aliphatic rings. The van der Waals surface area contributed by atoms with Gasteiger partial charge in [0.2, 0.25) is 0 Å². The number of fused-ring (bicyclic) bond motifs is 3. The average Bonchev–Trinajstić information content (AvgIpc) is 2.77. The zero-order chi connectivity index (χ0) is 14.4. The summed E-state index contributed by atoms with van der Waals surface area (Å²) >= 11 is 6.39. The summed E-state index contributed by atoms with van der Waals surface area (Å²) in [5.41, 5.74) is 0. The second kappa shape index (κ2) is 5.06. The summed E-state index contributed by atoms with van der Waals surface area (Å²) in [5, 5.41) is 2.73. The van der Waals surface area contributed by atoms with Crippen molar-refractivity contribution in [3.05, 3.63) is 30.5 Å². The predicted octanol–water partition coefficient (Wildman–Crippen LogP) is 3.98. The van der Waals surface area contributed by atoms with Crippen molar-refractivity contribution >= 4 is 28.2 Å². The quantitative estimate of drug-likeness (QED) is 0.785. The van der Waals surface area contributed by atoms with E-state index >= 15 is 0 Å². The molecule has 0 amide bonds. The van der Waals surface area contributed by atoms with Gasteiger partial charge in [0.1, 0.15) is 11.6 Å². The third-order valence-electron chi connectivity index (χ3n) is 4.87. The summed E-state index contributed by atoms with van der Waals surface area (Å²) in [6.45, 7) is 0. The first-order valence-corrected chi connectivity index (χ1v) is 8.05. The topological polar surface area (TPSA) is 25.4 Å². The molecular weight excluding hydrogens is 284 g/mol. The SMILES string of the molecule is COc1ccc2c(N3C4CCC3CC(Cl)C4)nccc2c1. The number of piperidine rings is 1. The Morgan fingerprint density at radius 1 is 1.19 bits per heavy atom. The lowest BCUT2D eigenvalue weighted by molar-refractivity contribution is 0.415. The minimum atomic E-state index is 0.328. The molecule has 2 atom stereocenters. The molecule has 1 aromatic heterocycles. The van der Waals surface area contributed by atoms with Crippen LogP contribution in [0.15, 0.2) is 30.5 Å². The molecule has 4 rings (SSSR count). The standard InChI is InChI=1S/C17H19ClN2O/c1-21-15-4-5-16-11(8-15)6-7-19-17(16)20-13-2-3-14(20)10-12(18)9-13/h4-8,12-14H,2-3,9-10H2,1H3. The van der Waals surface area contributed by atoms with Crippen LogP contribution in [-0.2, 0) is 0 Å². The maximum absolute atomic E-state index is 6.39. The molecule has 2 fully saturated rings. The van der Waals surface area contributed by atoms with E-state index in [1.165, 1.54) is 23.6 Å². The van der Waals surface area contributed by atoms with Crippen molar-refractivity contribution in [3.63, 3.8) is 0 Å². The Bertz CT molecular complexity index is 661.